The number of rotatable bonds is 4. The Hall–Kier alpha value is -3.20. The van der Waals surface area contributed by atoms with Gasteiger partial charge in [-0.1, -0.05) is 24.3 Å². The molecular weight excluding hydrogens is 264 g/mol. The number of tetrazole rings is 1. The van der Waals surface area contributed by atoms with Gasteiger partial charge in [0.25, 0.3) is 0 Å². The third-order valence-corrected chi connectivity index (χ3v) is 3.05. The average molecular weight is 276 g/mol. The van der Waals surface area contributed by atoms with Crippen LogP contribution < -0.4 is 5.32 Å². The minimum absolute atomic E-state index is 0.567. The Kier molecular flexibility index (Phi) is 3.56. The van der Waals surface area contributed by atoms with Crippen LogP contribution in [-0.4, -0.2) is 20.6 Å². The molecule has 6 nitrogen and oxygen atoms in total. The van der Waals surface area contributed by atoms with Crippen molar-refractivity contribution in [3.8, 4) is 17.5 Å². The van der Waals surface area contributed by atoms with E-state index in [4.69, 9.17) is 5.26 Å². The van der Waals surface area contributed by atoms with E-state index in [9.17, 15) is 0 Å². The average Bonchev–Trinajstić information content (AvgIpc) is 3.08. The number of hydrogen-bond acceptors (Lipinski definition) is 5. The Morgan fingerprint density at radius 3 is 2.71 bits per heavy atom. The van der Waals surface area contributed by atoms with E-state index in [0.29, 0.717) is 17.9 Å². The highest BCUT2D eigenvalue weighted by molar-refractivity contribution is 5.61. The molecule has 0 aliphatic rings. The van der Waals surface area contributed by atoms with Crippen LogP contribution in [0.3, 0.4) is 0 Å². The second-order valence-electron chi connectivity index (χ2n) is 4.48. The number of aromatic nitrogens is 4. The summed E-state index contributed by atoms with van der Waals surface area (Å²) in [6, 6.07) is 17.4. The zero-order valence-electron chi connectivity index (χ0n) is 11.1. The number of nitrogens with one attached hydrogen (secondary N) is 2. The lowest BCUT2D eigenvalue weighted by atomic mass is 10.1. The minimum atomic E-state index is 0.567. The molecule has 1 aromatic heterocycles. The zero-order valence-corrected chi connectivity index (χ0v) is 11.1. The van der Waals surface area contributed by atoms with Gasteiger partial charge in [0.15, 0.2) is 0 Å². The number of hydrogen-bond donors (Lipinski definition) is 2. The van der Waals surface area contributed by atoms with Gasteiger partial charge in [-0.2, -0.15) is 10.5 Å². The van der Waals surface area contributed by atoms with Crippen LogP contribution in [0.15, 0.2) is 48.5 Å². The number of nitriles is 1. The molecular formula is C15H12N6. The number of anilines is 1. The first-order valence-corrected chi connectivity index (χ1v) is 6.42. The van der Waals surface area contributed by atoms with Crippen LogP contribution in [0.4, 0.5) is 5.69 Å². The summed E-state index contributed by atoms with van der Waals surface area (Å²) in [4.78, 5) is 0. The zero-order chi connectivity index (χ0) is 14.5. The van der Waals surface area contributed by atoms with Crippen LogP contribution in [-0.2, 0) is 6.54 Å². The summed E-state index contributed by atoms with van der Waals surface area (Å²) in [7, 11) is 0. The van der Waals surface area contributed by atoms with Crippen molar-refractivity contribution in [1.29, 1.82) is 5.26 Å². The van der Waals surface area contributed by atoms with Crippen LogP contribution in [0.2, 0.25) is 0 Å². The predicted octanol–water partition coefficient (Wildman–Crippen LogP) is 2.35. The summed E-state index contributed by atoms with van der Waals surface area (Å²) in [5.74, 6) is 0.567. The van der Waals surface area contributed by atoms with Crippen LogP contribution in [0, 0.1) is 11.3 Å². The van der Waals surface area contributed by atoms with Gasteiger partial charge in [-0.3, -0.25) is 0 Å². The largest absolute Gasteiger partial charge is 0.381 e. The smallest absolute Gasteiger partial charge is 0.204 e. The van der Waals surface area contributed by atoms with Crippen LogP contribution in [0.25, 0.3) is 11.4 Å². The van der Waals surface area contributed by atoms with Gasteiger partial charge in [0.05, 0.1) is 11.6 Å². The number of aromatic amines is 1. The number of nitrogens with zero attached hydrogens (tertiary/aromatic N) is 4. The molecule has 6 heteroatoms. The summed E-state index contributed by atoms with van der Waals surface area (Å²) < 4.78 is 0. The van der Waals surface area contributed by atoms with E-state index in [1.54, 1.807) is 0 Å². The Balaban J connectivity index is 1.70. The Morgan fingerprint density at radius 1 is 1.14 bits per heavy atom. The van der Waals surface area contributed by atoms with E-state index in [1.807, 2.05) is 48.5 Å². The second kappa shape index (κ2) is 5.84. The van der Waals surface area contributed by atoms with Crippen molar-refractivity contribution in [1.82, 2.24) is 20.6 Å². The second-order valence-corrected chi connectivity index (χ2v) is 4.48. The lowest BCUT2D eigenvalue weighted by Crippen LogP contribution is -1.99. The molecule has 0 unspecified atom stereocenters. The van der Waals surface area contributed by atoms with Crippen molar-refractivity contribution in [3.05, 3.63) is 59.7 Å². The highest BCUT2D eigenvalue weighted by atomic mass is 15.5. The molecule has 0 bridgehead atoms. The van der Waals surface area contributed by atoms with Crippen molar-refractivity contribution >= 4 is 5.69 Å². The molecule has 0 aliphatic carbocycles. The summed E-state index contributed by atoms with van der Waals surface area (Å²) in [6.07, 6.45) is 0. The highest BCUT2D eigenvalue weighted by Crippen LogP contribution is 2.18. The standard InChI is InChI=1S/C15H12N6/c16-9-11-4-6-12(7-5-11)10-17-14-3-1-2-13(8-14)15-18-20-21-19-15/h1-8,17H,10H2,(H,18,19,20,21). The van der Waals surface area contributed by atoms with Crippen molar-refractivity contribution in [2.45, 2.75) is 6.54 Å². The topological polar surface area (TPSA) is 90.3 Å². The molecule has 2 aromatic carbocycles. The molecule has 0 radical (unpaired) electrons. The summed E-state index contributed by atoms with van der Waals surface area (Å²) in [5, 5.41) is 26.0. The highest BCUT2D eigenvalue weighted by Gasteiger charge is 2.03. The van der Waals surface area contributed by atoms with Gasteiger partial charge in [-0.25, -0.2) is 0 Å². The molecule has 0 spiro atoms. The first-order valence-electron chi connectivity index (χ1n) is 6.42. The normalized spacial score (nSPS) is 10.0. The Labute approximate surface area is 121 Å². The van der Waals surface area contributed by atoms with E-state index in [0.717, 1.165) is 16.8 Å². The van der Waals surface area contributed by atoms with Gasteiger partial charge in [0.1, 0.15) is 0 Å². The molecule has 0 aliphatic heterocycles. The van der Waals surface area contributed by atoms with Crippen LogP contribution >= 0.6 is 0 Å². The van der Waals surface area contributed by atoms with Crippen LogP contribution in [0.1, 0.15) is 11.1 Å². The predicted molar refractivity (Wildman–Crippen MR) is 78.1 cm³/mol. The summed E-state index contributed by atoms with van der Waals surface area (Å²) >= 11 is 0. The van der Waals surface area contributed by atoms with Gasteiger partial charge < -0.3 is 5.32 Å². The van der Waals surface area contributed by atoms with E-state index in [1.165, 1.54) is 0 Å². The van der Waals surface area contributed by atoms with Crippen molar-refractivity contribution in [2.75, 3.05) is 5.32 Å². The lowest BCUT2D eigenvalue weighted by molar-refractivity contribution is 0.881. The third-order valence-electron chi connectivity index (χ3n) is 3.05. The molecule has 0 fully saturated rings. The molecule has 0 atom stereocenters. The summed E-state index contributed by atoms with van der Waals surface area (Å²) in [5.41, 5.74) is 3.65. The molecule has 0 saturated heterocycles. The first-order chi connectivity index (χ1) is 10.3. The Morgan fingerprint density at radius 2 is 2.00 bits per heavy atom. The maximum Gasteiger partial charge on any atom is 0.204 e. The molecule has 3 aromatic rings. The SMILES string of the molecule is N#Cc1ccc(CNc2cccc(-c3nn[nH]n3)c2)cc1. The monoisotopic (exact) mass is 276 g/mol. The minimum Gasteiger partial charge on any atom is -0.381 e. The van der Waals surface area contributed by atoms with Gasteiger partial charge in [0, 0.05) is 17.8 Å². The van der Waals surface area contributed by atoms with Crippen molar-refractivity contribution in [2.24, 2.45) is 0 Å². The maximum absolute atomic E-state index is 8.77. The quantitative estimate of drug-likeness (QED) is 0.763. The molecule has 21 heavy (non-hydrogen) atoms. The van der Waals surface area contributed by atoms with E-state index in [-0.39, 0.29) is 0 Å². The maximum atomic E-state index is 8.77. The Bertz CT molecular complexity index is 756. The summed E-state index contributed by atoms with van der Waals surface area (Å²) in [6.45, 7) is 0.682. The third kappa shape index (κ3) is 3.04. The molecule has 3 rings (SSSR count). The fraction of sp³-hybridized carbons (Fsp3) is 0.0667. The number of benzene rings is 2. The van der Waals surface area contributed by atoms with E-state index in [2.05, 4.69) is 32.0 Å². The first kappa shape index (κ1) is 12.8. The van der Waals surface area contributed by atoms with Crippen molar-refractivity contribution in [3.63, 3.8) is 0 Å². The lowest BCUT2D eigenvalue weighted by Gasteiger charge is -2.07. The molecule has 2 N–H and O–H groups in total. The van der Waals surface area contributed by atoms with Crippen LogP contribution in [0.5, 0.6) is 0 Å². The fourth-order valence-corrected chi connectivity index (χ4v) is 1.95. The fourth-order valence-electron chi connectivity index (χ4n) is 1.95. The van der Waals surface area contributed by atoms with Gasteiger partial charge >= 0.3 is 0 Å². The van der Waals surface area contributed by atoms with E-state index < -0.39 is 0 Å². The van der Waals surface area contributed by atoms with Crippen molar-refractivity contribution < 1.29 is 0 Å². The molecule has 0 amide bonds. The van der Waals surface area contributed by atoms with Gasteiger partial charge in [-0.15, -0.1) is 10.2 Å². The molecule has 1 heterocycles. The number of H-pyrrole nitrogens is 1. The molecule has 0 saturated carbocycles. The van der Waals surface area contributed by atoms with E-state index >= 15 is 0 Å². The molecule has 102 valence electrons. The van der Waals surface area contributed by atoms with Gasteiger partial charge in [-0.05, 0) is 35.0 Å². The van der Waals surface area contributed by atoms with Gasteiger partial charge in [0.2, 0.25) is 5.82 Å².